The number of hydrogen-bond acceptors (Lipinski definition) is 3. The van der Waals surface area contributed by atoms with Crippen molar-refractivity contribution in [2.75, 3.05) is 18.5 Å². The van der Waals surface area contributed by atoms with E-state index in [0.29, 0.717) is 16.6 Å². The summed E-state index contributed by atoms with van der Waals surface area (Å²) in [6, 6.07) is 5.25. The molecule has 0 amide bonds. The predicted octanol–water partition coefficient (Wildman–Crippen LogP) is 3.58. The summed E-state index contributed by atoms with van der Waals surface area (Å²) < 4.78 is 5.49. The highest BCUT2D eigenvalue weighted by molar-refractivity contribution is 6.42. The van der Waals surface area contributed by atoms with Crippen LogP contribution in [0.4, 0.5) is 5.69 Å². The molecule has 1 atom stereocenters. The zero-order valence-electron chi connectivity index (χ0n) is 10.8. The molecule has 0 aliphatic heterocycles. The average Bonchev–Trinajstić information content (AvgIpc) is 2.27. The van der Waals surface area contributed by atoms with Crippen LogP contribution in [0, 0.1) is 0 Å². The highest BCUT2D eigenvalue weighted by atomic mass is 35.5. The van der Waals surface area contributed by atoms with Crippen LogP contribution in [0.2, 0.25) is 10.0 Å². The first kappa shape index (κ1) is 15.6. The van der Waals surface area contributed by atoms with Gasteiger partial charge in [-0.25, -0.2) is 0 Å². The Balaban J connectivity index is 2.38. The SMILES string of the molecule is CC(C)(C)OCC(O)CNc1ccc(Cl)c(Cl)c1. The molecule has 1 aromatic rings. The van der Waals surface area contributed by atoms with E-state index in [1.54, 1.807) is 12.1 Å². The number of aliphatic hydroxyl groups excluding tert-OH is 1. The molecule has 0 saturated carbocycles. The van der Waals surface area contributed by atoms with Gasteiger partial charge in [0.05, 0.1) is 28.4 Å². The number of rotatable bonds is 5. The Morgan fingerprint density at radius 3 is 2.50 bits per heavy atom. The van der Waals surface area contributed by atoms with Gasteiger partial charge in [-0.05, 0) is 39.0 Å². The van der Waals surface area contributed by atoms with E-state index in [9.17, 15) is 5.11 Å². The first-order valence-electron chi connectivity index (χ1n) is 5.79. The Bertz CT molecular complexity index is 391. The molecule has 3 nitrogen and oxygen atoms in total. The van der Waals surface area contributed by atoms with E-state index in [-0.39, 0.29) is 12.2 Å². The third-order valence-electron chi connectivity index (χ3n) is 2.17. The highest BCUT2D eigenvalue weighted by Gasteiger charge is 2.13. The van der Waals surface area contributed by atoms with E-state index in [1.807, 2.05) is 26.8 Å². The molecular weight excluding hydrogens is 273 g/mol. The van der Waals surface area contributed by atoms with Crippen molar-refractivity contribution in [2.45, 2.75) is 32.5 Å². The fourth-order valence-electron chi connectivity index (χ4n) is 1.25. The van der Waals surface area contributed by atoms with Crippen LogP contribution in [0.25, 0.3) is 0 Å². The Morgan fingerprint density at radius 1 is 1.28 bits per heavy atom. The monoisotopic (exact) mass is 291 g/mol. The Kier molecular flexibility index (Phi) is 5.73. The minimum Gasteiger partial charge on any atom is -0.389 e. The molecule has 0 aliphatic carbocycles. The molecule has 1 aromatic carbocycles. The summed E-state index contributed by atoms with van der Waals surface area (Å²) in [7, 11) is 0. The molecular formula is C13H19Cl2NO2. The van der Waals surface area contributed by atoms with E-state index >= 15 is 0 Å². The van der Waals surface area contributed by atoms with Gasteiger partial charge in [0, 0.05) is 12.2 Å². The zero-order valence-corrected chi connectivity index (χ0v) is 12.3. The minimum atomic E-state index is -0.571. The normalized spacial score (nSPS) is 13.4. The summed E-state index contributed by atoms with van der Waals surface area (Å²) >= 11 is 11.7. The van der Waals surface area contributed by atoms with E-state index in [0.717, 1.165) is 5.69 Å². The number of aliphatic hydroxyl groups is 1. The van der Waals surface area contributed by atoms with Crippen LogP contribution >= 0.6 is 23.2 Å². The van der Waals surface area contributed by atoms with Gasteiger partial charge in [-0.2, -0.15) is 0 Å². The van der Waals surface area contributed by atoms with Crippen molar-refractivity contribution in [3.63, 3.8) is 0 Å². The van der Waals surface area contributed by atoms with Gasteiger partial charge in [0.25, 0.3) is 0 Å². The fraction of sp³-hybridized carbons (Fsp3) is 0.538. The molecule has 0 aliphatic rings. The van der Waals surface area contributed by atoms with Gasteiger partial charge >= 0.3 is 0 Å². The molecule has 0 spiro atoms. The van der Waals surface area contributed by atoms with Gasteiger partial charge in [-0.3, -0.25) is 0 Å². The Morgan fingerprint density at radius 2 is 1.94 bits per heavy atom. The van der Waals surface area contributed by atoms with E-state index < -0.39 is 6.10 Å². The van der Waals surface area contributed by atoms with E-state index in [4.69, 9.17) is 27.9 Å². The van der Waals surface area contributed by atoms with Crippen molar-refractivity contribution >= 4 is 28.9 Å². The van der Waals surface area contributed by atoms with Gasteiger partial charge in [0.2, 0.25) is 0 Å². The molecule has 0 saturated heterocycles. The third kappa shape index (κ3) is 5.91. The van der Waals surface area contributed by atoms with Crippen molar-refractivity contribution in [3.05, 3.63) is 28.2 Å². The second-order valence-electron chi connectivity index (χ2n) is 5.09. The largest absolute Gasteiger partial charge is 0.389 e. The maximum atomic E-state index is 9.75. The van der Waals surface area contributed by atoms with Crippen LogP contribution in [0.5, 0.6) is 0 Å². The van der Waals surface area contributed by atoms with Gasteiger partial charge < -0.3 is 15.2 Å². The summed E-state index contributed by atoms with van der Waals surface area (Å²) in [6.07, 6.45) is -0.571. The summed E-state index contributed by atoms with van der Waals surface area (Å²) in [6.45, 7) is 6.54. The first-order chi connectivity index (χ1) is 8.28. The minimum absolute atomic E-state index is 0.245. The van der Waals surface area contributed by atoms with Crippen LogP contribution < -0.4 is 5.32 Å². The molecule has 102 valence electrons. The van der Waals surface area contributed by atoms with Crippen LogP contribution in [0.3, 0.4) is 0 Å². The number of hydrogen-bond donors (Lipinski definition) is 2. The maximum absolute atomic E-state index is 9.75. The van der Waals surface area contributed by atoms with Crippen LogP contribution in [-0.4, -0.2) is 30.0 Å². The lowest BCUT2D eigenvalue weighted by Gasteiger charge is -2.22. The predicted molar refractivity (Wildman–Crippen MR) is 76.7 cm³/mol. The van der Waals surface area contributed by atoms with E-state index in [2.05, 4.69) is 5.32 Å². The smallest absolute Gasteiger partial charge is 0.0945 e. The molecule has 1 rings (SSSR count). The third-order valence-corrected chi connectivity index (χ3v) is 2.91. The first-order valence-corrected chi connectivity index (χ1v) is 6.54. The summed E-state index contributed by atoms with van der Waals surface area (Å²) in [5.41, 5.74) is 0.573. The van der Waals surface area contributed by atoms with Gasteiger partial charge in [-0.1, -0.05) is 23.2 Å². The molecule has 0 bridgehead atoms. The van der Waals surface area contributed by atoms with Gasteiger partial charge in [0.15, 0.2) is 0 Å². The second kappa shape index (κ2) is 6.62. The Labute approximate surface area is 118 Å². The average molecular weight is 292 g/mol. The molecule has 5 heteroatoms. The second-order valence-corrected chi connectivity index (χ2v) is 5.90. The molecule has 1 unspecified atom stereocenters. The maximum Gasteiger partial charge on any atom is 0.0945 e. The van der Waals surface area contributed by atoms with E-state index in [1.165, 1.54) is 0 Å². The lowest BCUT2D eigenvalue weighted by molar-refractivity contribution is -0.0449. The van der Waals surface area contributed by atoms with Crippen molar-refractivity contribution < 1.29 is 9.84 Å². The van der Waals surface area contributed by atoms with Gasteiger partial charge in [-0.15, -0.1) is 0 Å². The van der Waals surface area contributed by atoms with Crippen LogP contribution in [-0.2, 0) is 4.74 Å². The van der Waals surface area contributed by atoms with Crippen molar-refractivity contribution in [1.29, 1.82) is 0 Å². The standard InChI is InChI=1S/C13H19Cl2NO2/c1-13(2,3)18-8-10(17)7-16-9-4-5-11(14)12(15)6-9/h4-6,10,16-17H,7-8H2,1-3H3. The van der Waals surface area contributed by atoms with Crippen LogP contribution in [0.1, 0.15) is 20.8 Å². The molecule has 0 heterocycles. The van der Waals surface area contributed by atoms with Crippen molar-refractivity contribution in [1.82, 2.24) is 0 Å². The number of halogens is 2. The van der Waals surface area contributed by atoms with Gasteiger partial charge in [0.1, 0.15) is 0 Å². The van der Waals surface area contributed by atoms with Crippen LogP contribution in [0.15, 0.2) is 18.2 Å². The molecule has 18 heavy (non-hydrogen) atoms. The van der Waals surface area contributed by atoms with Crippen molar-refractivity contribution in [2.24, 2.45) is 0 Å². The molecule has 0 aromatic heterocycles. The quantitative estimate of drug-likeness (QED) is 0.871. The summed E-state index contributed by atoms with van der Waals surface area (Å²) in [4.78, 5) is 0. The zero-order chi connectivity index (χ0) is 13.8. The number of nitrogens with one attached hydrogen (secondary N) is 1. The number of ether oxygens (including phenoxy) is 1. The number of benzene rings is 1. The highest BCUT2D eigenvalue weighted by Crippen LogP contribution is 2.24. The molecule has 0 fully saturated rings. The summed E-state index contributed by atoms with van der Waals surface area (Å²) in [5.74, 6) is 0. The number of anilines is 1. The lowest BCUT2D eigenvalue weighted by Crippen LogP contribution is -2.30. The lowest BCUT2D eigenvalue weighted by atomic mass is 10.2. The fourth-order valence-corrected chi connectivity index (χ4v) is 1.54. The molecule has 0 radical (unpaired) electrons. The summed E-state index contributed by atoms with van der Waals surface area (Å²) in [5, 5.41) is 13.8. The topological polar surface area (TPSA) is 41.5 Å². The molecule has 2 N–H and O–H groups in total. The van der Waals surface area contributed by atoms with Crippen molar-refractivity contribution in [3.8, 4) is 0 Å². The Hall–Kier alpha value is -0.480.